The van der Waals surface area contributed by atoms with E-state index in [1.807, 2.05) is 0 Å². The Morgan fingerprint density at radius 3 is 2.56 bits per heavy atom. The number of rotatable bonds is 4. The van der Waals surface area contributed by atoms with Gasteiger partial charge >= 0.3 is 6.18 Å². The third kappa shape index (κ3) is 4.42. The second-order valence-electron chi connectivity index (χ2n) is 5.72. The Bertz CT molecular complexity index is 759. The summed E-state index contributed by atoms with van der Waals surface area (Å²) in [6.45, 7) is 0.648. The Balaban J connectivity index is 1.51. The first-order chi connectivity index (χ1) is 11.8. The van der Waals surface area contributed by atoms with Gasteiger partial charge in [-0.25, -0.2) is 4.98 Å². The van der Waals surface area contributed by atoms with Crippen LogP contribution in [0.25, 0.3) is 0 Å². The van der Waals surface area contributed by atoms with E-state index in [0.717, 1.165) is 23.9 Å². The Morgan fingerprint density at radius 2 is 1.92 bits per heavy atom. The molecule has 0 unspecified atom stereocenters. The molecule has 1 aliphatic heterocycles. The van der Waals surface area contributed by atoms with Gasteiger partial charge in [0.15, 0.2) is 0 Å². The third-order valence-corrected chi connectivity index (χ3v) is 4.07. The highest BCUT2D eigenvalue weighted by Crippen LogP contribution is 2.31. The lowest BCUT2D eigenvalue weighted by Crippen LogP contribution is -2.56. The number of ether oxygens (including phenoxy) is 1. The summed E-state index contributed by atoms with van der Waals surface area (Å²) in [6.07, 6.45) is -3.50. The quantitative estimate of drug-likeness (QED) is 0.826. The number of benzene rings is 1. The predicted octanol–water partition coefficient (Wildman–Crippen LogP) is 3.59. The van der Waals surface area contributed by atoms with Crippen LogP contribution in [0, 0.1) is 0 Å². The summed E-state index contributed by atoms with van der Waals surface area (Å²) in [5.41, 5.74) is 0.0332. The number of amides is 1. The number of hydrogen-bond donors (Lipinski definition) is 0. The van der Waals surface area contributed by atoms with Crippen molar-refractivity contribution in [3.05, 3.63) is 58.7 Å². The van der Waals surface area contributed by atoms with Crippen molar-refractivity contribution in [3.63, 3.8) is 0 Å². The van der Waals surface area contributed by atoms with Gasteiger partial charge in [0, 0.05) is 17.3 Å². The summed E-state index contributed by atoms with van der Waals surface area (Å²) >= 11 is 5.80. The third-order valence-electron chi connectivity index (χ3n) is 3.82. The average Bonchev–Trinajstić information content (AvgIpc) is 2.52. The van der Waals surface area contributed by atoms with Crippen LogP contribution in [-0.2, 0) is 17.4 Å². The van der Waals surface area contributed by atoms with Crippen LogP contribution in [0.5, 0.6) is 5.88 Å². The van der Waals surface area contributed by atoms with Gasteiger partial charge in [-0.3, -0.25) is 4.79 Å². The van der Waals surface area contributed by atoms with Gasteiger partial charge in [-0.15, -0.1) is 0 Å². The zero-order valence-corrected chi connectivity index (χ0v) is 13.7. The highest BCUT2D eigenvalue weighted by molar-refractivity contribution is 6.30. The van der Waals surface area contributed by atoms with Crippen LogP contribution in [0.3, 0.4) is 0 Å². The fourth-order valence-corrected chi connectivity index (χ4v) is 2.55. The summed E-state index contributed by atoms with van der Waals surface area (Å²) in [7, 11) is 0. The molecule has 1 fully saturated rings. The van der Waals surface area contributed by atoms with Crippen molar-refractivity contribution in [3.8, 4) is 5.88 Å². The molecule has 3 rings (SSSR count). The maximum atomic E-state index is 12.7. The summed E-state index contributed by atoms with van der Waals surface area (Å²) in [5, 5.41) is 0.599. The van der Waals surface area contributed by atoms with E-state index in [0.29, 0.717) is 18.1 Å². The molecule has 0 N–H and O–H groups in total. The van der Waals surface area contributed by atoms with E-state index in [1.54, 1.807) is 29.2 Å². The van der Waals surface area contributed by atoms with Crippen molar-refractivity contribution in [1.82, 2.24) is 9.88 Å². The normalized spacial score (nSPS) is 15.0. The first-order valence-corrected chi connectivity index (χ1v) is 7.91. The van der Waals surface area contributed by atoms with Gasteiger partial charge in [0.2, 0.25) is 11.8 Å². The molecule has 1 aliphatic rings. The minimum atomic E-state index is -4.44. The number of alkyl halides is 3. The molecule has 1 aromatic carbocycles. The summed E-state index contributed by atoms with van der Waals surface area (Å²) < 4.78 is 43.4. The van der Waals surface area contributed by atoms with Gasteiger partial charge in [-0.2, -0.15) is 13.2 Å². The molecule has 0 atom stereocenters. The lowest BCUT2D eigenvalue weighted by Gasteiger charge is -2.38. The second-order valence-corrected chi connectivity index (χ2v) is 6.16. The zero-order chi connectivity index (χ0) is 18.0. The summed E-state index contributed by atoms with van der Waals surface area (Å²) in [4.78, 5) is 17.5. The molecule has 2 heterocycles. The van der Waals surface area contributed by atoms with E-state index in [4.69, 9.17) is 16.3 Å². The minimum Gasteiger partial charge on any atom is -0.471 e. The SMILES string of the molecule is O=C(Cc1ccc(Cl)cc1)N1CC(Oc2cc(C(F)(F)F)ccn2)C1. The van der Waals surface area contributed by atoms with Gasteiger partial charge in [0.1, 0.15) is 6.10 Å². The Kier molecular flexibility index (Phi) is 4.85. The zero-order valence-electron chi connectivity index (χ0n) is 13.0. The van der Waals surface area contributed by atoms with Crippen molar-refractivity contribution in [2.45, 2.75) is 18.7 Å². The van der Waals surface area contributed by atoms with Crippen LogP contribution < -0.4 is 4.74 Å². The standard InChI is InChI=1S/C17H14ClF3N2O2/c18-13-3-1-11(2-4-13)7-16(24)23-9-14(10-23)25-15-8-12(5-6-22-15)17(19,20)21/h1-6,8,14H,7,9-10H2. The number of likely N-dealkylation sites (tertiary alicyclic amines) is 1. The molecule has 25 heavy (non-hydrogen) atoms. The molecule has 0 radical (unpaired) electrons. The van der Waals surface area contributed by atoms with Gasteiger partial charge in [0.05, 0.1) is 25.1 Å². The molecule has 1 aromatic heterocycles. The van der Waals surface area contributed by atoms with Gasteiger partial charge in [0.25, 0.3) is 0 Å². The molecule has 8 heteroatoms. The Morgan fingerprint density at radius 1 is 1.24 bits per heavy atom. The maximum absolute atomic E-state index is 12.7. The van der Waals surface area contributed by atoms with Crippen LogP contribution in [0.4, 0.5) is 13.2 Å². The monoisotopic (exact) mass is 370 g/mol. The average molecular weight is 371 g/mol. The molecule has 0 aliphatic carbocycles. The maximum Gasteiger partial charge on any atom is 0.416 e. The smallest absolute Gasteiger partial charge is 0.416 e. The molecule has 0 saturated carbocycles. The van der Waals surface area contributed by atoms with Gasteiger partial charge in [-0.05, 0) is 23.8 Å². The Hall–Kier alpha value is -2.28. The van der Waals surface area contributed by atoms with Crippen molar-refractivity contribution in [2.24, 2.45) is 0 Å². The van der Waals surface area contributed by atoms with Crippen molar-refractivity contribution < 1.29 is 22.7 Å². The van der Waals surface area contributed by atoms with Crippen molar-refractivity contribution >= 4 is 17.5 Å². The summed E-state index contributed by atoms with van der Waals surface area (Å²) in [6, 6.07) is 8.73. The number of pyridine rings is 1. The fourth-order valence-electron chi connectivity index (χ4n) is 2.43. The lowest BCUT2D eigenvalue weighted by molar-refractivity contribution is -0.139. The van der Waals surface area contributed by atoms with Crippen LogP contribution in [0.2, 0.25) is 5.02 Å². The molecule has 132 valence electrons. The van der Waals surface area contributed by atoms with Crippen LogP contribution in [0.1, 0.15) is 11.1 Å². The first kappa shape index (κ1) is 17.5. The highest BCUT2D eigenvalue weighted by Gasteiger charge is 2.34. The van der Waals surface area contributed by atoms with Crippen molar-refractivity contribution in [1.29, 1.82) is 0 Å². The second kappa shape index (κ2) is 6.92. The number of hydrogen-bond acceptors (Lipinski definition) is 3. The number of carbonyl (C=O) groups excluding carboxylic acids is 1. The molecule has 0 spiro atoms. The number of nitrogens with zero attached hydrogens (tertiary/aromatic N) is 2. The van der Waals surface area contributed by atoms with Crippen LogP contribution >= 0.6 is 11.6 Å². The molecule has 0 bridgehead atoms. The molecular formula is C17H14ClF3N2O2. The van der Waals surface area contributed by atoms with E-state index >= 15 is 0 Å². The van der Waals surface area contributed by atoms with Crippen LogP contribution in [-0.4, -0.2) is 35.0 Å². The minimum absolute atomic E-state index is 0.0702. The van der Waals surface area contributed by atoms with Crippen LogP contribution in [0.15, 0.2) is 42.6 Å². The number of aromatic nitrogens is 1. The Labute approximate surface area is 147 Å². The largest absolute Gasteiger partial charge is 0.471 e. The fraction of sp³-hybridized carbons (Fsp3) is 0.294. The van der Waals surface area contributed by atoms with E-state index < -0.39 is 11.7 Å². The van der Waals surface area contributed by atoms with Crippen molar-refractivity contribution in [2.75, 3.05) is 13.1 Å². The van der Waals surface area contributed by atoms with E-state index in [1.165, 1.54) is 0 Å². The number of carbonyl (C=O) groups is 1. The highest BCUT2D eigenvalue weighted by atomic mass is 35.5. The number of halogens is 4. The first-order valence-electron chi connectivity index (χ1n) is 7.53. The van der Waals surface area contributed by atoms with Gasteiger partial charge in [-0.1, -0.05) is 23.7 Å². The predicted molar refractivity (Wildman–Crippen MR) is 85.4 cm³/mol. The molecule has 1 saturated heterocycles. The molecular weight excluding hydrogens is 357 g/mol. The molecule has 4 nitrogen and oxygen atoms in total. The topological polar surface area (TPSA) is 42.4 Å². The molecule has 1 amide bonds. The van der Waals surface area contributed by atoms with E-state index in [2.05, 4.69) is 4.98 Å². The van der Waals surface area contributed by atoms with Gasteiger partial charge < -0.3 is 9.64 Å². The lowest BCUT2D eigenvalue weighted by atomic mass is 10.1. The van der Waals surface area contributed by atoms with E-state index in [9.17, 15) is 18.0 Å². The summed E-state index contributed by atoms with van der Waals surface area (Å²) in [5.74, 6) is -0.163. The molecule has 2 aromatic rings. The van der Waals surface area contributed by atoms with E-state index in [-0.39, 0.29) is 24.3 Å².